The van der Waals surface area contributed by atoms with Crippen LogP contribution in [0.2, 0.25) is 0 Å². The number of aryl methyl sites for hydroxylation is 1. The molecule has 3 rings (SSSR count). The molecule has 0 radical (unpaired) electrons. The van der Waals surface area contributed by atoms with Crippen molar-refractivity contribution >= 4 is 11.8 Å². The van der Waals surface area contributed by atoms with Crippen molar-refractivity contribution < 1.29 is 27.5 Å². The summed E-state index contributed by atoms with van der Waals surface area (Å²) in [6.07, 6.45) is -3.65. The standard InChI is InChI=1S/C27H33F3N2O3/c1-19(2)15-24(18-35-17-21-9-7-20(3)8-10-21)32-14-13-31(12-11-25(32)33)26(34)22-5-4-6-23(16-22)27(28,29)30/h4-10,16,19,24H,11-15,17-18H2,1-3H3/t24-/m0/s1. The van der Waals surface area contributed by atoms with Crippen LogP contribution in [0.3, 0.4) is 0 Å². The highest BCUT2D eigenvalue weighted by Crippen LogP contribution is 2.30. The summed E-state index contributed by atoms with van der Waals surface area (Å²) < 4.78 is 45.2. The SMILES string of the molecule is Cc1ccc(COC[C@H](CC(C)C)N2CCN(C(=O)c3cccc(C(F)(F)F)c3)CCC2=O)cc1. The molecule has 8 heteroatoms. The van der Waals surface area contributed by atoms with Gasteiger partial charge in [-0.3, -0.25) is 9.59 Å². The zero-order valence-corrected chi connectivity index (χ0v) is 20.5. The summed E-state index contributed by atoms with van der Waals surface area (Å²) in [5, 5.41) is 0. The highest BCUT2D eigenvalue weighted by atomic mass is 19.4. The molecule has 1 heterocycles. The zero-order chi connectivity index (χ0) is 25.6. The van der Waals surface area contributed by atoms with Crippen molar-refractivity contribution in [2.45, 2.75) is 52.4 Å². The molecule has 0 saturated carbocycles. The van der Waals surface area contributed by atoms with Crippen LogP contribution in [-0.2, 0) is 22.3 Å². The Kier molecular flexibility index (Phi) is 8.94. The first-order chi connectivity index (χ1) is 16.5. The lowest BCUT2D eigenvalue weighted by molar-refractivity contribution is -0.137. The largest absolute Gasteiger partial charge is 0.416 e. The lowest BCUT2D eigenvalue weighted by Gasteiger charge is -2.32. The number of rotatable bonds is 8. The second-order valence-corrected chi connectivity index (χ2v) is 9.49. The molecule has 0 aliphatic carbocycles. The normalized spacial score (nSPS) is 15.9. The van der Waals surface area contributed by atoms with E-state index in [9.17, 15) is 22.8 Å². The number of nitrogens with zero attached hydrogens (tertiary/aromatic N) is 2. The molecule has 1 saturated heterocycles. The van der Waals surface area contributed by atoms with Gasteiger partial charge in [-0.2, -0.15) is 13.2 Å². The Morgan fingerprint density at radius 2 is 1.77 bits per heavy atom. The van der Waals surface area contributed by atoms with E-state index in [2.05, 4.69) is 13.8 Å². The molecule has 1 fully saturated rings. The van der Waals surface area contributed by atoms with Crippen molar-refractivity contribution in [2.75, 3.05) is 26.2 Å². The molecular formula is C27H33F3N2O3. The van der Waals surface area contributed by atoms with E-state index in [0.717, 1.165) is 24.1 Å². The van der Waals surface area contributed by atoms with Crippen LogP contribution in [-0.4, -0.2) is 53.9 Å². The summed E-state index contributed by atoms with van der Waals surface area (Å²) in [4.78, 5) is 29.2. The van der Waals surface area contributed by atoms with Gasteiger partial charge in [-0.15, -0.1) is 0 Å². The Morgan fingerprint density at radius 3 is 2.43 bits per heavy atom. The highest BCUT2D eigenvalue weighted by molar-refractivity contribution is 5.95. The van der Waals surface area contributed by atoms with E-state index in [4.69, 9.17) is 4.74 Å². The van der Waals surface area contributed by atoms with Crippen LogP contribution in [0.25, 0.3) is 0 Å². The van der Waals surface area contributed by atoms with Crippen molar-refractivity contribution in [3.63, 3.8) is 0 Å². The average Bonchev–Trinajstić information content (AvgIpc) is 3.00. The summed E-state index contributed by atoms with van der Waals surface area (Å²) in [7, 11) is 0. The fourth-order valence-electron chi connectivity index (χ4n) is 4.27. The van der Waals surface area contributed by atoms with Gasteiger partial charge < -0.3 is 14.5 Å². The molecule has 0 bridgehead atoms. The fraction of sp³-hybridized carbons (Fsp3) is 0.481. The summed E-state index contributed by atoms with van der Waals surface area (Å²) in [6, 6.07) is 12.4. The van der Waals surface area contributed by atoms with E-state index in [1.807, 2.05) is 31.2 Å². The van der Waals surface area contributed by atoms with E-state index in [-0.39, 0.29) is 37.0 Å². The van der Waals surface area contributed by atoms with E-state index in [0.29, 0.717) is 25.7 Å². The van der Waals surface area contributed by atoms with Gasteiger partial charge in [-0.05, 0) is 43.0 Å². The molecule has 2 aromatic rings. The third-order valence-corrected chi connectivity index (χ3v) is 6.13. The Hall–Kier alpha value is -2.87. The molecule has 2 aromatic carbocycles. The van der Waals surface area contributed by atoms with Crippen molar-refractivity contribution in [1.29, 1.82) is 0 Å². The first-order valence-electron chi connectivity index (χ1n) is 11.9. The average molecular weight is 491 g/mol. The molecule has 35 heavy (non-hydrogen) atoms. The number of amides is 2. The topological polar surface area (TPSA) is 49.9 Å². The van der Waals surface area contributed by atoms with Crippen LogP contribution in [0.15, 0.2) is 48.5 Å². The Bertz CT molecular complexity index is 1010. The molecule has 1 aliphatic rings. The quantitative estimate of drug-likeness (QED) is 0.503. The number of carbonyl (C=O) groups is 2. The number of ether oxygens (including phenoxy) is 1. The van der Waals surface area contributed by atoms with E-state index < -0.39 is 17.6 Å². The van der Waals surface area contributed by atoms with Crippen LogP contribution >= 0.6 is 0 Å². The van der Waals surface area contributed by atoms with Crippen molar-refractivity contribution in [3.05, 3.63) is 70.8 Å². The second-order valence-electron chi connectivity index (χ2n) is 9.49. The Labute approximate surface area is 204 Å². The molecule has 5 nitrogen and oxygen atoms in total. The summed E-state index contributed by atoms with van der Waals surface area (Å²) in [6.45, 7) is 7.74. The molecule has 2 amide bonds. The van der Waals surface area contributed by atoms with Gasteiger partial charge in [0.1, 0.15) is 0 Å². The molecule has 0 unspecified atom stereocenters. The van der Waals surface area contributed by atoms with Crippen LogP contribution in [0.5, 0.6) is 0 Å². The zero-order valence-electron chi connectivity index (χ0n) is 20.5. The molecule has 0 spiro atoms. The van der Waals surface area contributed by atoms with Crippen molar-refractivity contribution in [2.24, 2.45) is 5.92 Å². The van der Waals surface area contributed by atoms with Gasteiger partial charge in [0.25, 0.3) is 5.91 Å². The van der Waals surface area contributed by atoms with Crippen LogP contribution in [0.4, 0.5) is 13.2 Å². The Balaban J connectivity index is 1.66. The van der Waals surface area contributed by atoms with Crippen LogP contribution in [0.1, 0.15) is 53.7 Å². The van der Waals surface area contributed by atoms with Gasteiger partial charge in [-0.25, -0.2) is 0 Å². The number of halogens is 3. The highest BCUT2D eigenvalue weighted by Gasteiger charge is 2.33. The maximum absolute atomic E-state index is 13.1. The van der Waals surface area contributed by atoms with Gasteiger partial charge >= 0.3 is 6.18 Å². The molecule has 1 aliphatic heterocycles. The molecule has 0 aromatic heterocycles. The van der Waals surface area contributed by atoms with Crippen molar-refractivity contribution in [3.8, 4) is 0 Å². The number of benzene rings is 2. The number of carbonyl (C=O) groups excluding carboxylic acids is 2. The van der Waals surface area contributed by atoms with E-state index in [1.54, 1.807) is 4.90 Å². The third-order valence-electron chi connectivity index (χ3n) is 6.13. The lowest BCUT2D eigenvalue weighted by Crippen LogP contribution is -2.45. The smallest absolute Gasteiger partial charge is 0.375 e. The predicted octanol–water partition coefficient (Wildman–Crippen LogP) is 5.32. The number of hydrogen-bond donors (Lipinski definition) is 0. The van der Waals surface area contributed by atoms with Crippen LogP contribution < -0.4 is 0 Å². The minimum absolute atomic E-state index is 0.0270. The molecule has 190 valence electrons. The van der Waals surface area contributed by atoms with Crippen molar-refractivity contribution in [1.82, 2.24) is 9.80 Å². The van der Waals surface area contributed by atoms with Gasteiger partial charge in [0.2, 0.25) is 5.91 Å². The van der Waals surface area contributed by atoms with E-state index >= 15 is 0 Å². The summed E-state index contributed by atoms with van der Waals surface area (Å²) in [5.41, 5.74) is 1.34. The molecule has 0 N–H and O–H groups in total. The van der Waals surface area contributed by atoms with Crippen LogP contribution in [0, 0.1) is 12.8 Å². The molecule has 1 atom stereocenters. The Morgan fingerprint density at radius 1 is 1.06 bits per heavy atom. The van der Waals surface area contributed by atoms with Gasteiger partial charge in [0, 0.05) is 31.6 Å². The monoisotopic (exact) mass is 490 g/mol. The minimum atomic E-state index is -4.52. The maximum atomic E-state index is 13.1. The molecular weight excluding hydrogens is 457 g/mol. The maximum Gasteiger partial charge on any atom is 0.416 e. The van der Waals surface area contributed by atoms with Gasteiger partial charge in [0.05, 0.1) is 24.8 Å². The minimum Gasteiger partial charge on any atom is -0.375 e. The first-order valence-corrected chi connectivity index (χ1v) is 11.9. The number of alkyl halides is 3. The van der Waals surface area contributed by atoms with E-state index in [1.165, 1.54) is 22.6 Å². The first kappa shape index (κ1) is 26.7. The fourth-order valence-corrected chi connectivity index (χ4v) is 4.27. The summed E-state index contributed by atoms with van der Waals surface area (Å²) >= 11 is 0. The number of hydrogen-bond acceptors (Lipinski definition) is 3. The van der Waals surface area contributed by atoms with Gasteiger partial charge in [0.15, 0.2) is 0 Å². The predicted molar refractivity (Wildman–Crippen MR) is 128 cm³/mol. The summed E-state index contributed by atoms with van der Waals surface area (Å²) in [5.74, 6) is -0.238. The van der Waals surface area contributed by atoms with Gasteiger partial charge in [-0.1, -0.05) is 49.7 Å². The third kappa shape index (κ3) is 7.56. The lowest BCUT2D eigenvalue weighted by atomic mass is 10.0. The second kappa shape index (κ2) is 11.7.